The summed E-state index contributed by atoms with van der Waals surface area (Å²) in [5, 5.41) is 0. The summed E-state index contributed by atoms with van der Waals surface area (Å²) in [4.78, 5) is 0. The predicted molar refractivity (Wildman–Crippen MR) is 101 cm³/mol. The van der Waals surface area contributed by atoms with Crippen molar-refractivity contribution in [2.45, 2.75) is 76.4 Å². The molecule has 0 heterocycles. The van der Waals surface area contributed by atoms with Crippen LogP contribution in [0.3, 0.4) is 0 Å². The van der Waals surface area contributed by atoms with Crippen molar-refractivity contribution in [3.8, 4) is 0 Å². The number of hydrogen-bond donors (Lipinski definition) is 0. The fraction of sp³-hybridized carbons (Fsp3) is 1.00. The van der Waals surface area contributed by atoms with Crippen LogP contribution in [-0.4, -0.2) is 32.6 Å². The van der Waals surface area contributed by atoms with E-state index in [4.69, 9.17) is 39.2 Å². The van der Waals surface area contributed by atoms with Crippen LogP contribution in [0.4, 0.5) is 0 Å². The van der Waals surface area contributed by atoms with Crippen molar-refractivity contribution in [3.63, 3.8) is 0 Å². The quantitative estimate of drug-likeness (QED) is 0.164. The first kappa shape index (κ1) is 22.0. The molecule has 0 aromatic carbocycles. The lowest BCUT2D eigenvalue weighted by Crippen LogP contribution is -2.38. The molecule has 0 aromatic heterocycles. The van der Waals surface area contributed by atoms with Crippen molar-refractivity contribution >= 4 is 43.1 Å². The van der Waals surface area contributed by atoms with E-state index in [1.807, 2.05) is 0 Å². The largest absolute Gasteiger partial charge is 0.417 e. The van der Waals surface area contributed by atoms with Crippen molar-refractivity contribution in [3.05, 3.63) is 0 Å². The Morgan fingerprint density at radius 2 is 1.10 bits per heavy atom. The molecule has 0 N–H and O–H groups in total. The third-order valence-corrected chi connectivity index (χ3v) is 9.37. The normalized spacial score (nSPS) is 12.0. The van der Waals surface area contributed by atoms with Crippen LogP contribution in [0, 0.1) is 0 Å². The molecule has 0 aliphatic carbocycles. The minimum Gasteiger partial charge on any atom is -0.417 e. The van der Waals surface area contributed by atoms with Crippen molar-refractivity contribution in [2.24, 2.45) is 0 Å². The summed E-state index contributed by atoms with van der Waals surface area (Å²) in [5.41, 5.74) is 0. The van der Waals surface area contributed by atoms with Gasteiger partial charge < -0.3 is 4.43 Å². The molecule has 0 aliphatic heterocycles. The van der Waals surface area contributed by atoms with Crippen LogP contribution >= 0.6 is 34.8 Å². The molecule has 128 valence electrons. The van der Waals surface area contributed by atoms with Crippen LogP contribution in [0.1, 0.15) is 58.3 Å². The number of rotatable bonds is 16. The lowest BCUT2D eigenvalue weighted by atomic mass is 10.4. The fourth-order valence-electron chi connectivity index (χ4n) is 2.65. The van der Waals surface area contributed by atoms with Gasteiger partial charge in [-0.2, -0.15) is 0 Å². The van der Waals surface area contributed by atoms with E-state index in [1.165, 1.54) is 50.2 Å². The molecular weight excluding hydrogens is 343 g/mol. The molecular formula is C16H33Cl3OSi. The van der Waals surface area contributed by atoms with Gasteiger partial charge in [-0.25, -0.2) is 0 Å². The highest BCUT2D eigenvalue weighted by atomic mass is 35.5. The standard InChI is InChI=1S/C16H33Cl3OSi/c1-2-3-13-20-21(14-7-4-10-17,15-8-5-11-18)16-9-6-12-19/h2-16H2,1H3. The number of hydrogen-bond acceptors (Lipinski definition) is 1. The van der Waals surface area contributed by atoms with Crippen LogP contribution in [-0.2, 0) is 4.43 Å². The molecule has 0 saturated carbocycles. The molecule has 0 aromatic rings. The molecule has 0 bridgehead atoms. The Hall–Kier alpha value is 1.05. The van der Waals surface area contributed by atoms with Gasteiger partial charge >= 0.3 is 0 Å². The number of alkyl halides is 3. The average Bonchev–Trinajstić information content (AvgIpc) is 2.48. The topological polar surface area (TPSA) is 9.23 Å². The second-order valence-electron chi connectivity index (χ2n) is 5.82. The second-order valence-corrected chi connectivity index (χ2v) is 11.1. The summed E-state index contributed by atoms with van der Waals surface area (Å²) in [6, 6.07) is 3.77. The van der Waals surface area contributed by atoms with Gasteiger partial charge in [-0.3, -0.25) is 0 Å². The van der Waals surface area contributed by atoms with Gasteiger partial charge in [0.25, 0.3) is 0 Å². The van der Waals surface area contributed by atoms with Crippen molar-refractivity contribution in [1.82, 2.24) is 0 Å². The maximum atomic E-state index is 6.52. The lowest BCUT2D eigenvalue weighted by molar-refractivity contribution is 0.286. The minimum absolute atomic E-state index is 0.767. The zero-order chi connectivity index (χ0) is 15.8. The van der Waals surface area contributed by atoms with E-state index in [-0.39, 0.29) is 0 Å². The van der Waals surface area contributed by atoms with E-state index < -0.39 is 8.32 Å². The summed E-state index contributed by atoms with van der Waals surface area (Å²) in [5.74, 6) is 2.30. The van der Waals surface area contributed by atoms with Gasteiger partial charge in [0.15, 0.2) is 8.32 Å². The highest BCUT2D eigenvalue weighted by molar-refractivity contribution is 6.73. The van der Waals surface area contributed by atoms with E-state index in [2.05, 4.69) is 6.92 Å². The molecule has 0 rings (SSSR count). The van der Waals surface area contributed by atoms with Gasteiger partial charge in [0.2, 0.25) is 0 Å². The van der Waals surface area contributed by atoms with Crippen LogP contribution in [0.15, 0.2) is 0 Å². The maximum absolute atomic E-state index is 6.52. The van der Waals surface area contributed by atoms with Gasteiger partial charge in [-0.15, -0.1) is 34.8 Å². The summed E-state index contributed by atoms with van der Waals surface area (Å²) in [6.07, 6.45) is 9.34. The summed E-state index contributed by atoms with van der Waals surface area (Å²) >= 11 is 17.6. The minimum atomic E-state index is -1.62. The third-order valence-electron chi connectivity index (χ3n) is 3.95. The summed E-state index contributed by atoms with van der Waals surface area (Å²) < 4.78 is 6.52. The van der Waals surface area contributed by atoms with Crippen molar-refractivity contribution in [1.29, 1.82) is 0 Å². The Balaban J connectivity index is 4.52. The average molecular weight is 376 g/mol. The third kappa shape index (κ3) is 12.2. The van der Waals surface area contributed by atoms with Gasteiger partial charge in [-0.1, -0.05) is 32.6 Å². The molecule has 21 heavy (non-hydrogen) atoms. The van der Waals surface area contributed by atoms with E-state index >= 15 is 0 Å². The van der Waals surface area contributed by atoms with E-state index in [9.17, 15) is 0 Å². The fourth-order valence-corrected chi connectivity index (χ4v) is 7.66. The molecule has 0 fully saturated rings. The Morgan fingerprint density at radius 1 is 0.667 bits per heavy atom. The molecule has 0 aliphatic rings. The first-order valence-electron chi connectivity index (χ1n) is 8.56. The maximum Gasteiger partial charge on any atom is 0.192 e. The Labute approximate surface area is 148 Å². The first-order chi connectivity index (χ1) is 10.2. The first-order valence-corrected chi connectivity index (χ1v) is 12.7. The van der Waals surface area contributed by atoms with Crippen LogP contribution in [0.25, 0.3) is 0 Å². The van der Waals surface area contributed by atoms with E-state index in [0.29, 0.717) is 0 Å². The van der Waals surface area contributed by atoms with Gasteiger partial charge in [0.05, 0.1) is 0 Å². The summed E-state index contributed by atoms with van der Waals surface area (Å²) in [7, 11) is -1.62. The second kappa shape index (κ2) is 15.9. The van der Waals surface area contributed by atoms with Crippen molar-refractivity contribution < 1.29 is 4.43 Å². The van der Waals surface area contributed by atoms with E-state index in [0.717, 1.165) is 43.5 Å². The van der Waals surface area contributed by atoms with E-state index in [1.54, 1.807) is 0 Å². The molecule has 0 saturated heterocycles. The molecule has 0 radical (unpaired) electrons. The Morgan fingerprint density at radius 3 is 1.43 bits per heavy atom. The molecule has 1 nitrogen and oxygen atoms in total. The monoisotopic (exact) mass is 374 g/mol. The number of unbranched alkanes of at least 4 members (excludes halogenated alkanes) is 4. The van der Waals surface area contributed by atoms with Crippen LogP contribution < -0.4 is 0 Å². The SMILES string of the molecule is CCCCO[Si](CCCCCl)(CCCCCl)CCCCCl. The zero-order valence-corrected chi connectivity index (χ0v) is 16.9. The molecule has 0 spiro atoms. The van der Waals surface area contributed by atoms with Gasteiger partial charge in [0.1, 0.15) is 0 Å². The van der Waals surface area contributed by atoms with Gasteiger partial charge in [-0.05, 0) is 43.8 Å². The molecule has 0 atom stereocenters. The highest BCUT2D eigenvalue weighted by Gasteiger charge is 2.33. The lowest BCUT2D eigenvalue weighted by Gasteiger charge is -2.32. The Bertz CT molecular complexity index is 172. The summed E-state index contributed by atoms with van der Waals surface area (Å²) in [6.45, 7) is 3.16. The predicted octanol–water partition coefficient (Wildman–Crippen LogP) is 6.81. The van der Waals surface area contributed by atoms with Crippen molar-refractivity contribution in [2.75, 3.05) is 24.2 Å². The Kier molecular flexibility index (Phi) is 16.7. The highest BCUT2D eigenvalue weighted by Crippen LogP contribution is 2.30. The molecule has 0 unspecified atom stereocenters. The van der Waals surface area contributed by atoms with Gasteiger partial charge in [0, 0.05) is 24.2 Å². The van der Waals surface area contributed by atoms with Crippen LogP contribution in [0.5, 0.6) is 0 Å². The van der Waals surface area contributed by atoms with Crippen LogP contribution in [0.2, 0.25) is 18.1 Å². The molecule has 5 heteroatoms. The number of halogens is 3. The molecule has 0 amide bonds. The smallest absolute Gasteiger partial charge is 0.192 e. The zero-order valence-electron chi connectivity index (χ0n) is 13.6.